The minimum atomic E-state index is -0.184. The van der Waals surface area contributed by atoms with Gasteiger partial charge in [0.2, 0.25) is 0 Å². The summed E-state index contributed by atoms with van der Waals surface area (Å²) in [6, 6.07) is 13.2. The smallest absolute Gasteiger partial charge is 0.123 e. The molecule has 0 radical (unpaired) electrons. The molecule has 2 aromatic carbocycles. The molecule has 18 heavy (non-hydrogen) atoms. The van der Waals surface area contributed by atoms with Crippen LogP contribution in [0.1, 0.15) is 27.1 Å². The van der Waals surface area contributed by atoms with Crippen molar-refractivity contribution in [1.29, 1.82) is 0 Å². The van der Waals surface area contributed by atoms with E-state index in [0.717, 1.165) is 12.0 Å². The van der Waals surface area contributed by atoms with Crippen LogP contribution < -0.4 is 0 Å². The fourth-order valence-corrected chi connectivity index (χ4v) is 3.00. The molecule has 0 aliphatic heterocycles. The van der Waals surface area contributed by atoms with Crippen LogP contribution in [0.25, 0.3) is 0 Å². The van der Waals surface area contributed by atoms with Gasteiger partial charge in [0.25, 0.3) is 0 Å². The molecule has 0 spiro atoms. The van der Waals surface area contributed by atoms with Crippen LogP contribution in [0.3, 0.4) is 0 Å². The van der Waals surface area contributed by atoms with Crippen LogP contribution in [0.2, 0.25) is 0 Å². The van der Waals surface area contributed by atoms with E-state index < -0.39 is 0 Å². The first kappa shape index (κ1) is 13.3. The van der Waals surface area contributed by atoms with Crippen molar-refractivity contribution in [2.24, 2.45) is 0 Å². The highest BCUT2D eigenvalue weighted by atomic mass is 79.9. The minimum absolute atomic E-state index is 0.184. The van der Waals surface area contributed by atoms with E-state index in [0.29, 0.717) is 0 Å². The first-order chi connectivity index (χ1) is 8.56. The Morgan fingerprint density at radius 1 is 1.06 bits per heavy atom. The highest BCUT2D eigenvalue weighted by Gasteiger charge is 2.11. The summed E-state index contributed by atoms with van der Waals surface area (Å²) >= 11 is 3.72. The zero-order valence-electron chi connectivity index (χ0n) is 10.6. The monoisotopic (exact) mass is 306 g/mol. The molecule has 0 aliphatic rings. The summed E-state index contributed by atoms with van der Waals surface area (Å²) in [6.07, 6.45) is 0.865. The lowest BCUT2D eigenvalue weighted by Crippen LogP contribution is -1.98. The number of benzene rings is 2. The van der Waals surface area contributed by atoms with Crippen molar-refractivity contribution in [1.82, 2.24) is 0 Å². The number of rotatable bonds is 3. The first-order valence-corrected chi connectivity index (χ1v) is 6.93. The van der Waals surface area contributed by atoms with Gasteiger partial charge < -0.3 is 0 Å². The van der Waals surface area contributed by atoms with Crippen LogP contribution in [-0.2, 0) is 6.42 Å². The van der Waals surface area contributed by atoms with Gasteiger partial charge in [-0.25, -0.2) is 4.39 Å². The van der Waals surface area contributed by atoms with Crippen molar-refractivity contribution in [2.45, 2.75) is 25.1 Å². The maximum Gasteiger partial charge on any atom is 0.123 e. The van der Waals surface area contributed by atoms with Gasteiger partial charge in [0.05, 0.1) is 0 Å². The Hall–Kier alpha value is -1.15. The molecule has 0 bridgehead atoms. The molecule has 0 heterocycles. The fourth-order valence-electron chi connectivity index (χ4n) is 2.11. The highest BCUT2D eigenvalue weighted by molar-refractivity contribution is 9.09. The highest BCUT2D eigenvalue weighted by Crippen LogP contribution is 2.29. The van der Waals surface area contributed by atoms with Gasteiger partial charge in [-0.15, -0.1) is 0 Å². The molecule has 0 saturated heterocycles. The summed E-state index contributed by atoms with van der Waals surface area (Å²) in [5.74, 6) is -0.184. The average Bonchev–Trinajstić information content (AvgIpc) is 2.32. The second kappa shape index (κ2) is 5.66. The van der Waals surface area contributed by atoms with E-state index in [1.807, 2.05) is 12.1 Å². The van der Waals surface area contributed by atoms with Crippen LogP contribution in [0.4, 0.5) is 4.39 Å². The SMILES string of the molecule is Cc1ccc(C(Br)Cc2ccc(F)cc2)c(C)c1. The third-order valence-corrected chi connectivity index (χ3v) is 3.91. The molecule has 0 amide bonds. The van der Waals surface area contributed by atoms with Crippen molar-refractivity contribution in [3.63, 3.8) is 0 Å². The maximum absolute atomic E-state index is 12.8. The van der Waals surface area contributed by atoms with Crippen LogP contribution in [-0.4, -0.2) is 0 Å². The van der Waals surface area contributed by atoms with E-state index in [2.05, 4.69) is 48.0 Å². The Labute approximate surface area is 116 Å². The van der Waals surface area contributed by atoms with Gasteiger partial charge in [0, 0.05) is 4.83 Å². The molecule has 2 aromatic rings. The Balaban J connectivity index is 2.16. The van der Waals surface area contributed by atoms with Crippen LogP contribution in [0.5, 0.6) is 0 Å². The third-order valence-electron chi connectivity index (χ3n) is 3.09. The minimum Gasteiger partial charge on any atom is -0.207 e. The third kappa shape index (κ3) is 3.20. The average molecular weight is 307 g/mol. The number of hydrogen-bond acceptors (Lipinski definition) is 0. The predicted octanol–water partition coefficient (Wildman–Crippen LogP) is 5.12. The van der Waals surface area contributed by atoms with E-state index in [1.165, 1.54) is 28.8 Å². The molecular weight excluding hydrogens is 291 g/mol. The van der Waals surface area contributed by atoms with Gasteiger partial charge in [-0.2, -0.15) is 0 Å². The molecule has 1 atom stereocenters. The molecule has 0 aliphatic carbocycles. The largest absolute Gasteiger partial charge is 0.207 e. The lowest BCUT2D eigenvalue weighted by Gasteiger charge is -2.14. The van der Waals surface area contributed by atoms with Gasteiger partial charge in [0.1, 0.15) is 5.82 Å². The van der Waals surface area contributed by atoms with Gasteiger partial charge in [-0.1, -0.05) is 51.8 Å². The topological polar surface area (TPSA) is 0 Å². The van der Waals surface area contributed by atoms with E-state index in [1.54, 1.807) is 0 Å². The van der Waals surface area contributed by atoms with Crippen molar-refractivity contribution in [3.8, 4) is 0 Å². The molecule has 1 unspecified atom stereocenters. The van der Waals surface area contributed by atoms with Gasteiger partial charge in [0.15, 0.2) is 0 Å². The molecule has 94 valence electrons. The summed E-state index contributed by atoms with van der Waals surface area (Å²) in [5, 5.41) is 0. The normalized spacial score (nSPS) is 12.4. The molecule has 0 nitrogen and oxygen atoms in total. The van der Waals surface area contributed by atoms with E-state index in [4.69, 9.17) is 0 Å². The van der Waals surface area contributed by atoms with Crippen LogP contribution >= 0.6 is 15.9 Å². The van der Waals surface area contributed by atoms with Gasteiger partial charge in [-0.05, 0) is 49.1 Å². The zero-order valence-corrected chi connectivity index (χ0v) is 12.2. The van der Waals surface area contributed by atoms with Crippen molar-refractivity contribution in [2.75, 3.05) is 0 Å². The van der Waals surface area contributed by atoms with E-state index >= 15 is 0 Å². The predicted molar refractivity (Wildman–Crippen MR) is 77.7 cm³/mol. The molecular formula is C16H16BrF. The van der Waals surface area contributed by atoms with Crippen molar-refractivity contribution < 1.29 is 4.39 Å². The van der Waals surface area contributed by atoms with E-state index in [-0.39, 0.29) is 10.6 Å². The molecule has 0 aromatic heterocycles. The number of halogens is 2. The summed E-state index contributed by atoms with van der Waals surface area (Å²) in [6.45, 7) is 4.22. The molecule has 2 rings (SSSR count). The lowest BCUT2D eigenvalue weighted by molar-refractivity contribution is 0.627. The first-order valence-electron chi connectivity index (χ1n) is 6.02. The summed E-state index contributed by atoms with van der Waals surface area (Å²) in [7, 11) is 0. The standard InChI is InChI=1S/C16H16BrF/c1-11-3-8-15(12(2)9-11)16(17)10-13-4-6-14(18)7-5-13/h3-9,16H,10H2,1-2H3. The van der Waals surface area contributed by atoms with Crippen molar-refractivity contribution >= 4 is 15.9 Å². The lowest BCUT2D eigenvalue weighted by atomic mass is 9.99. The Bertz CT molecular complexity index is 531. The summed E-state index contributed by atoms with van der Waals surface area (Å²) in [5.41, 5.74) is 5.00. The molecule has 2 heteroatoms. The fraction of sp³-hybridized carbons (Fsp3) is 0.250. The molecule has 0 N–H and O–H groups in total. The zero-order chi connectivity index (χ0) is 13.1. The van der Waals surface area contributed by atoms with Crippen LogP contribution in [0, 0.1) is 19.7 Å². The number of aryl methyl sites for hydroxylation is 2. The van der Waals surface area contributed by atoms with Gasteiger partial charge >= 0.3 is 0 Å². The Kier molecular flexibility index (Phi) is 4.18. The van der Waals surface area contributed by atoms with Gasteiger partial charge in [-0.3, -0.25) is 0 Å². The van der Waals surface area contributed by atoms with Crippen LogP contribution in [0.15, 0.2) is 42.5 Å². The Morgan fingerprint density at radius 2 is 1.72 bits per heavy atom. The Morgan fingerprint density at radius 3 is 2.33 bits per heavy atom. The second-order valence-corrected chi connectivity index (χ2v) is 5.76. The quantitative estimate of drug-likeness (QED) is 0.690. The number of hydrogen-bond donors (Lipinski definition) is 0. The molecule has 0 fully saturated rings. The maximum atomic E-state index is 12.8. The summed E-state index contributed by atoms with van der Waals surface area (Å²) in [4.78, 5) is 0.267. The van der Waals surface area contributed by atoms with Crippen molar-refractivity contribution in [3.05, 3.63) is 70.5 Å². The second-order valence-electron chi connectivity index (χ2n) is 4.66. The van der Waals surface area contributed by atoms with E-state index in [9.17, 15) is 4.39 Å². The molecule has 0 saturated carbocycles. The summed E-state index contributed by atoms with van der Waals surface area (Å²) < 4.78 is 12.8. The number of alkyl halides is 1.